The fourth-order valence-corrected chi connectivity index (χ4v) is 1.17. The molecule has 2 aromatic heterocycles. The normalized spacial score (nSPS) is 10.2. The van der Waals surface area contributed by atoms with E-state index in [1.54, 1.807) is 18.1 Å². The van der Waals surface area contributed by atoms with Crippen molar-refractivity contribution >= 4 is 11.7 Å². The van der Waals surface area contributed by atoms with Crippen LogP contribution < -0.4 is 11.1 Å². The maximum Gasteiger partial charge on any atom is 0.271 e. The number of hydrogen-bond donors (Lipinski definition) is 2. The molecule has 2 heterocycles. The number of rotatable bonds is 3. The topological polar surface area (TPSA) is 112 Å². The summed E-state index contributed by atoms with van der Waals surface area (Å²) in [6.45, 7) is 0.242. The zero-order valence-corrected chi connectivity index (χ0v) is 9.16. The molecule has 0 saturated heterocycles. The summed E-state index contributed by atoms with van der Waals surface area (Å²) in [7, 11) is 1.75. The van der Waals surface area contributed by atoms with E-state index < -0.39 is 0 Å². The van der Waals surface area contributed by atoms with E-state index in [1.807, 2.05) is 0 Å². The standard InChI is InChI=1S/C9H11N7O/c1-16-5-14-8(15-16)4-13-9(17)6-2-12-7(10)3-11-6/h2-3,5H,4H2,1H3,(H2,10,12)(H,13,17). The fraction of sp³-hybridized carbons (Fsp3) is 0.222. The Balaban J connectivity index is 1.95. The molecule has 0 saturated carbocycles. The van der Waals surface area contributed by atoms with E-state index in [0.717, 1.165) is 0 Å². The van der Waals surface area contributed by atoms with Crippen LogP contribution in [0.1, 0.15) is 16.3 Å². The van der Waals surface area contributed by atoms with Crippen molar-refractivity contribution in [3.05, 3.63) is 30.2 Å². The van der Waals surface area contributed by atoms with Crippen LogP contribution in [0.2, 0.25) is 0 Å². The Morgan fingerprint density at radius 3 is 2.82 bits per heavy atom. The molecule has 8 nitrogen and oxygen atoms in total. The van der Waals surface area contributed by atoms with E-state index in [1.165, 1.54) is 12.4 Å². The number of nitrogen functional groups attached to an aromatic ring is 1. The minimum Gasteiger partial charge on any atom is -0.382 e. The van der Waals surface area contributed by atoms with Crippen LogP contribution in [0.5, 0.6) is 0 Å². The molecule has 8 heteroatoms. The lowest BCUT2D eigenvalue weighted by Crippen LogP contribution is -2.24. The minimum atomic E-state index is -0.343. The summed E-state index contributed by atoms with van der Waals surface area (Å²) in [6, 6.07) is 0. The lowest BCUT2D eigenvalue weighted by atomic mass is 10.4. The van der Waals surface area contributed by atoms with Crippen molar-refractivity contribution in [3.8, 4) is 0 Å². The Morgan fingerprint density at radius 1 is 1.41 bits per heavy atom. The van der Waals surface area contributed by atoms with Crippen LogP contribution in [0.4, 0.5) is 5.82 Å². The Morgan fingerprint density at radius 2 is 2.24 bits per heavy atom. The van der Waals surface area contributed by atoms with Crippen molar-refractivity contribution < 1.29 is 4.79 Å². The molecule has 0 aliphatic heterocycles. The van der Waals surface area contributed by atoms with E-state index in [2.05, 4.69) is 25.4 Å². The second-order valence-electron chi connectivity index (χ2n) is 3.34. The van der Waals surface area contributed by atoms with Crippen molar-refractivity contribution in [2.45, 2.75) is 6.54 Å². The van der Waals surface area contributed by atoms with E-state index in [0.29, 0.717) is 5.82 Å². The second kappa shape index (κ2) is 4.56. The molecule has 0 aromatic carbocycles. The molecule has 0 bridgehead atoms. The van der Waals surface area contributed by atoms with Crippen LogP contribution in [0.15, 0.2) is 18.7 Å². The highest BCUT2D eigenvalue weighted by Crippen LogP contribution is 1.96. The third kappa shape index (κ3) is 2.74. The third-order valence-corrected chi connectivity index (χ3v) is 1.96. The van der Waals surface area contributed by atoms with Crippen molar-refractivity contribution in [1.29, 1.82) is 0 Å². The molecule has 2 aromatic rings. The molecule has 3 N–H and O–H groups in total. The van der Waals surface area contributed by atoms with Crippen LogP contribution in [0.3, 0.4) is 0 Å². The monoisotopic (exact) mass is 233 g/mol. The van der Waals surface area contributed by atoms with Gasteiger partial charge in [0.1, 0.15) is 17.8 Å². The third-order valence-electron chi connectivity index (χ3n) is 1.96. The molecule has 1 amide bonds. The SMILES string of the molecule is Cn1cnc(CNC(=O)c2cnc(N)cn2)n1. The number of carbonyl (C=O) groups excluding carboxylic acids is 1. The molecule has 0 spiro atoms. The summed E-state index contributed by atoms with van der Waals surface area (Å²) in [5.41, 5.74) is 5.57. The van der Waals surface area contributed by atoms with Crippen LogP contribution in [-0.2, 0) is 13.6 Å². The smallest absolute Gasteiger partial charge is 0.271 e. The number of amides is 1. The highest BCUT2D eigenvalue weighted by atomic mass is 16.1. The predicted octanol–water partition coefficient (Wildman–Crippen LogP) is -0.883. The van der Waals surface area contributed by atoms with Gasteiger partial charge in [0, 0.05) is 7.05 Å². The number of aromatic nitrogens is 5. The lowest BCUT2D eigenvalue weighted by molar-refractivity contribution is 0.0944. The van der Waals surface area contributed by atoms with Gasteiger partial charge in [-0.25, -0.2) is 15.0 Å². The highest BCUT2D eigenvalue weighted by molar-refractivity contribution is 5.91. The summed E-state index contributed by atoms with van der Waals surface area (Å²) in [5, 5.41) is 6.65. The first-order valence-corrected chi connectivity index (χ1v) is 4.85. The second-order valence-corrected chi connectivity index (χ2v) is 3.34. The number of anilines is 1. The van der Waals surface area contributed by atoms with E-state index in [-0.39, 0.29) is 24.0 Å². The van der Waals surface area contributed by atoms with Gasteiger partial charge in [-0.05, 0) is 0 Å². The van der Waals surface area contributed by atoms with Gasteiger partial charge in [-0.2, -0.15) is 5.10 Å². The Hall–Kier alpha value is -2.51. The molecule has 0 fully saturated rings. The summed E-state index contributed by atoms with van der Waals surface area (Å²) < 4.78 is 1.56. The lowest BCUT2D eigenvalue weighted by Gasteiger charge is -2.01. The van der Waals surface area contributed by atoms with Crippen LogP contribution >= 0.6 is 0 Å². The quantitative estimate of drug-likeness (QED) is 0.711. The van der Waals surface area contributed by atoms with Gasteiger partial charge in [0.15, 0.2) is 5.82 Å². The maximum absolute atomic E-state index is 11.6. The average Bonchev–Trinajstić information content (AvgIpc) is 2.73. The van der Waals surface area contributed by atoms with Crippen molar-refractivity contribution in [3.63, 3.8) is 0 Å². The van der Waals surface area contributed by atoms with Gasteiger partial charge in [0.2, 0.25) is 0 Å². The molecule has 17 heavy (non-hydrogen) atoms. The summed E-state index contributed by atoms with van der Waals surface area (Å²) >= 11 is 0. The Labute approximate surface area is 96.9 Å². The molecule has 2 rings (SSSR count). The van der Waals surface area contributed by atoms with Gasteiger partial charge < -0.3 is 11.1 Å². The summed E-state index contributed by atoms with van der Waals surface area (Å²) in [4.78, 5) is 23.2. The molecule has 0 unspecified atom stereocenters. The first kappa shape index (κ1) is 11.0. The van der Waals surface area contributed by atoms with Crippen molar-refractivity contribution in [2.24, 2.45) is 7.05 Å². The maximum atomic E-state index is 11.6. The van der Waals surface area contributed by atoms with Gasteiger partial charge in [-0.15, -0.1) is 0 Å². The van der Waals surface area contributed by atoms with Crippen LogP contribution in [0.25, 0.3) is 0 Å². The molecule has 0 atom stereocenters. The predicted molar refractivity (Wildman–Crippen MR) is 58.6 cm³/mol. The van der Waals surface area contributed by atoms with Crippen molar-refractivity contribution in [2.75, 3.05) is 5.73 Å². The Kier molecular flexibility index (Phi) is 2.95. The van der Waals surface area contributed by atoms with Crippen LogP contribution in [-0.4, -0.2) is 30.6 Å². The van der Waals surface area contributed by atoms with Gasteiger partial charge in [-0.1, -0.05) is 0 Å². The van der Waals surface area contributed by atoms with Crippen molar-refractivity contribution in [1.82, 2.24) is 30.0 Å². The zero-order chi connectivity index (χ0) is 12.3. The first-order chi connectivity index (χ1) is 8.15. The number of nitrogens with zero attached hydrogens (tertiary/aromatic N) is 5. The highest BCUT2D eigenvalue weighted by Gasteiger charge is 2.08. The largest absolute Gasteiger partial charge is 0.382 e. The van der Waals surface area contributed by atoms with E-state index in [4.69, 9.17) is 5.73 Å². The molecule has 0 radical (unpaired) electrons. The molecular weight excluding hydrogens is 222 g/mol. The molecular formula is C9H11N7O. The fourth-order valence-electron chi connectivity index (χ4n) is 1.17. The summed E-state index contributed by atoms with van der Waals surface area (Å²) in [5.74, 6) is 0.460. The average molecular weight is 233 g/mol. The molecule has 0 aliphatic rings. The molecule has 88 valence electrons. The number of aryl methyl sites for hydroxylation is 1. The van der Waals surface area contributed by atoms with Gasteiger partial charge >= 0.3 is 0 Å². The first-order valence-electron chi connectivity index (χ1n) is 4.85. The van der Waals surface area contributed by atoms with Gasteiger partial charge in [-0.3, -0.25) is 9.48 Å². The van der Waals surface area contributed by atoms with E-state index in [9.17, 15) is 4.79 Å². The summed E-state index contributed by atoms with van der Waals surface area (Å²) in [6.07, 6.45) is 4.20. The van der Waals surface area contributed by atoms with E-state index >= 15 is 0 Å². The number of nitrogens with two attached hydrogens (primary N) is 1. The zero-order valence-electron chi connectivity index (χ0n) is 9.16. The van der Waals surface area contributed by atoms with Crippen LogP contribution in [0, 0.1) is 0 Å². The number of hydrogen-bond acceptors (Lipinski definition) is 6. The Bertz CT molecular complexity index is 518. The van der Waals surface area contributed by atoms with Gasteiger partial charge in [0.05, 0.1) is 18.9 Å². The number of nitrogens with one attached hydrogen (secondary N) is 1. The van der Waals surface area contributed by atoms with Gasteiger partial charge in [0.25, 0.3) is 5.91 Å². The molecule has 0 aliphatic carbocycles. The minimum absolute atomic E-state index is 0.204. The number of carbonyl (C=O) groups is 1.